The first-order valence-electron chi connectivity index (χ1n) is 17.1. The zero-order valence-corrected chi connectivity index (χ0v) is 31.2. The number of carbonyl (C=O) groups excluding carboxylic acids is 2. The van der Waals surface area contributed by atoms with Crippen molar-refractivity contribution in [2.75, 3.05) is 0 Å². The number of carbonyl (C=O) groups is 2. The van der Waals surface area contributed by atoms with E-state index in [0.29, 0.717) is 11.1 Å². The van der Waals surface area contributed by atoms with E-state index >= 15 is 0 Å². The van der Waals surface area contributed by atoms with Crippen LogP contribution in [0.1, 0.15) is 174 Å². The summed E-state index contributed by atoms with van der Waals surface area (Å²) in [6, 6.07) is 14.3. The van der Waals surface area contributed by atoms with Crippen LogP contribution in [-0.2, 0) is 12.8 Å². The Kier molecular flexibility index (Phi) is 27.9. The smallest absolute Gasteiger partial charge is 0.545 e. The summed E-state index contributed by atoms with van der Waals surface area (Å²) in [6.45, 7) is 4.51. The second-order valence-corrected chi connectivity index (χ2v) is 11.8. The Balaban J connectivity index is 0.000000802. The van der Waals surface area contributed by atoms with Gasteiger partial charge in [0.2, 0.25) is 0 Å². The fourth-order valence-electron chi connectivity index (χ4n) is 5.34. The average molecular weight is 786 g/mol. The number of carboxylic acids is 2. The first-order valence-corrected chi connectivity index (χ1v) is 17.1. The van der Waals surface area contributed by atoms with Crippen molar-refractivity contribution in [2.45, 2.75) is 155 Å². The number of aromatic carboxylic acids is 2. The topological polar surface area (TPSA) is 80.3 Å². The van der Waals surface area contributed by atoms with E-state index in [4.69, 9.17) is 0 Å². The van der Waals surface area contributed by atoms with Gasteiger partial charge in [-0.15, -0.1) is 0 Å². The summed E-state index contributed by atoms with van der Waals surface area (Å²) >= 11 is 0. The third kappa shape index (κ3) is 23.4. The molecule has 2 aromatic carbocycles. The van der Waals surface area contributed by atoms with Gasteiger partial charge < -0.3 is 19.8 Å². The van der Waals surface area contributed by atoms with Gasteiger partial charge >= 0.3 is 27.3 Å². The maximum absolute atomic E-state index is 10.8. The van der Waals surface area contributed by atoms with Gasteiger partial charge in [0.05, 0.1) is 11.9 Å². The minimum absolute atomic E-state index is 0. The van der Waals surface area contributed by atoms with Crippen LogP contribution in [0.4, 0.5) is 0 Å². The molecule has 0 aromatic heterocycles. The second-order valence-electron chi connectivity index (χ2n) is 11.8. The molecule has 0 aliphatic rings. The summed E-state index contributed by atoms with van der Waals surface area (Å²) in [6.07, 6.45) is 28.5. The van der Waals surface area contributed by atoms with Crippen molar-refractivity contribution in [3.8, 4) is 0 Å². The minimum atomic E-state index is -1.08. The maximum atomic E-state index is 10.8. The Hall–Kier alpha value is -1.70. The Morgan fingerprint density at radius 2 is 0.744 bits per heavy atom. The molecule has 0 saturated carbocycles. The SMILES string of the molecule is CCCCCCCCCCCCc1cccc(C(=O)[O-])c1.CCCCCCCCCCCCc1cccc(C(=O)[O-])c1.[Pb+2]. The Bertz CT molecular complexity index is 881. The molecule has 0 unspecified atom stereocenters. The van der Waals surface area contributed by atoms with Crippen molar-refractivity contribution in [3.63, 3.8) is 0 Å². The Morgan fingerprint density at radius 1 is 0.465 bits per heavy atom. The van der Waals surface area contributed by atoms with Crippen LogP contribution in [0.5, 0.6) is 0 Å². The van der Waals surface area contributed by atoms with Gasteiger partial charge in [-0.1, -0.05) is 166 Å². The van der Waals surface area contributed by atoms with Crippen molar-refractivity contribution < 1.29 is 19.8 Å². The predicted octanol–water partition coefficient (Wildman–Crippen LogP) is 8.65. The molecule has 0 amide bonds. The van der Waals surface area contributed by atoms with Gasteiger partial charge in [-0.05, 0) is 60.1 Å². The molecule has 0 heterocycles. The molecule has 2 aromatic rings. The molecule has 0 bridgehead atoms. The monoisotopic (exact) mass is 786 g/mol. The van der Waals surface area contributed by atoms with E-state index in [2.05, 4.69) is 13.8 Å². The normalized spacial score (nSPS) is 10.5. The van der Waals surface area contributed by atoms with E-state index in [1.165, 1.54) is 116 Å². The van der Waals surface area contributed by atoms with E-state index in [1.54, 1.807) is 36.4 Å². The molecule has 43 heavy (non-hydrogen) atoms. The zero-order valence-electron chi connectivity index (χ0n) is 27.3. The Labute approximate surface area is 283 Å². The van der Waals surface area contributed by atoms with E-state index in [9.17, 15) is 19.8 Å². The molecular weight excluding hydrogens is 728 g/mol. The van der Waals surface area contributed by atoms with Crippen molar-refractivity contribution in [3.05, 3.63) is 70.8 Å². The van der Waals surface area contributed by atoms with Gasteiger partial charge in [-0.25, -0.2) is 0 Å². The van der Waals surface area contributed by atoms with Crippen molar-refractivity contribution in [1.82, 2.24) is 0 Å². The molecule has 2 rings (SSSR count). The third-order valence-corrected chi connectivity index (χ3v) is 7.96. The molecule has 0 aliphatic heterocycles. The number of rotatable bonds is 24. The van der Waals surface area contributed by atoms with Gasteiger partial charge in [-0.2, -0.15) is 0 Å². The molecule has 0 fully saturated rings. The molecule has 0 aliphatic carbocycles. The number of aryl methyl sites for hydroxylation is 2. The van der Waals surface area contributed by atoms with Crippen LogP contribution in [0.25, 0.3) is 0 Å². The van der Waals surface area contributed by atoms with Gasteiger partial charge in [-0.3, -0.25) is 0 Å². The van der Waals surface area contributed by atoms with Crippen LogP contribution >= 0.6 is 0 Å². The summed E-state index contributed by atoms with van der Waals surface area (Å²) in [5.41, 5.74) is 2.80. The maximum Gasteiger partial charge on any atom is 2.00 e. The fraction of sp³-hybridized carbons (Fsp3) is 0.632. The van der Waals surface area contributed by atoms with Crippen molar-refractivity contribution in [2.24, 2.45) is 0 Å². The van der Waals surface area contributed by atoms with Crippen LogP contribution < -0.4 is 10.2 Å². The first-order chi connectivity index (χ1) is 20.5. The van der Waals surface area contributed by atoms with Crippen LogP contribution in [0, 0.1) is 0 Å². The summed E-state index contributed by atoms with van der Waals surface area (Å²) in [5.74, 6) is -2.17. The number of benzene rings is 2. The number of hydrogen-bond acceptors (Lipinski definition) is 4. The molecule has 4 nitrogen and oxygen atoms in total. The quantitative estimate of drug-likeness (QED) is 0.0789. The number of unbranched alkanes of at least 4 members (excludes halogenated alkanes) is 18. The second kappa shape index (κ2) is 29.0. The van der Waals surface area contributed by atoms with Crippen molar-refractivity contribution in [1.29, 1.82) is 0 Å². The largest absolute Gasteiger partial charge is 2.00 e. The minimum Gasteiger partial charge on any atom is -0.545 e. The number of hydrogen-bond donors (Lipinski definition) is 0. The summed E-state index contributed by atoms with van der Waals surface area (Å²) in [4.78, 5) is 21.6. The summed E-state index contributed by atoms with van der Waals surface area (Å²) in [5, 5.41) is 21.6. The standard InChI is InChI=1S/2C19H30O2.Pb/c2*1-2-3-4-5-6-7-8-9-10-11-13-17-14-12-15-18(16-17)19(20)21;/h2*12,14-16H,2-11,13H2,1H3,(H,20,21);/q;;+2/p-2. The third-order valence-electron chi connectivity index (χ3n) is 7.96. The molecule has 5 heteroatoms. The van der Waals surface area contributed by atoms with Crippen LogP contribution in [0.2, 0.25) is 0 Å². The average Bonchev–Trinajstić information content (AvgIpc) is 2.99. The van der Waals surface area contributed by atoms with Gasteiger partial charge in [0.15, 0.2) is 0 Å². The molecule has 2 radical (unpaired) electrons. The molecule has 0 spiro atoms. The van der Waals surface area contributed by atoms with Gasteiger partial charge in [0, 0.05) is 0 Å². The van der Waals surface area contributed by atoms with Crippen LogP contribution in [0.15, 0.2) is 48.5 Å². The molecule has 0 saturated heterocycles. The summed E-state index contributed by atoms with van der Waals surface area (Å²) in [7, 11) is 0. The fourth-order valence-corrected chi connectivity index (χ4v) is 5.34. The van der Waals surface area contributed by atoms with E-state index in [1.807, 2.05) is 12.1 Å². The summed E-state index contributed by atoms with van der Waals surface area (Å²) < 4.78 is 0. The molecular formula is C38H58O4Pb. The van der Waals surface area contributed by atoms with E-state index < -0.39 is 11.9 Å². The van der Waals surface area contributed by atoms with E-state index in [0.717, 1.165) is 36.8 Å². The van der Waals surface area contributed by atoms with Crippen LogP contribution in [0.3, 0.4) is 0 Å². The van der Waals surface area contributed by atoms with Gasteiger partial charge in [0.25, 0.3) is 0 Å². The number of carboxylic acid groups (broad SMARTS) is 2. The molecule has 238 valence electrons. The first kappa shape index (κ1) is 41.3. The van der Waals surface area contributed by atoms with Crippen molar-refractivity contribution >= 4 is 39.2 Å². The Morgan fingerprint density at radius 3 is 1.02 bits per heavy atom. The van der Waals surface area contributed by atoms with E-state index in [-0.39, 0.29) is 27.3 Å². The van der Waals surface area contributed by atoms with Gasteiger partial charge in [0.1, 0.15) is 0 Å². The zero-order chi connectivity index (χ0) is 30.7. The predicted molar refractivity (Wildman–Crippen MR) is 178 cm³/mol. The molecule has 0 atom stereocenters. The molecule has 0 N–H and O–H groups in total. The van der Waals surface area contributed by atoms with Crippen LogP contribution in [-0.4, -0.2) is 39.2 Å².